The van der Waals surface area contributed by atoms with E-state index in [1.165, 1.54) is 7.11 Å². The maximum absolute atomic E-state index is 13.1. The number of nitrogens with one attached hydrogen (secondary N) is 2. The molecule has 2 amide bonds. The van der Waals surface area contributed by atoms with Crippen LogP contribution in [0.3, 0.4) is 0 Å². The Morgan fingerprint density at radius 2 is 1.84 bits per heavy atom. The van der Waals surface area contributed by atoms with Gasteiger partial charge in [0.05, 0.1) is 30.5 Å². The number of carbonyl (C=O) groups is 3. The number of benzene rings is 2. The van der Waals surface area contributed by atoms with Gasteiger partial charge in [-0.05, 0) is 26.0 Å². The smallest absolute Gasteiger partial charge is 0.339 e. The van der Waals surface area contributed by atoms with Gasteiger partial charge in [-0.25, -0.2) is 9.48 Å². The molecule has 0 radical (unpaired) electrons. The number of aromatic nitrogens is 2. The van der Waals surface area contributed by atoms with Gasteiger partial charge in [0.1, 0.15) is 11.9 Å². The number of nitrogens with zero attached hydrogens (tertiary/aromatic N) is 2. The number of aryl methyl sites for hydroxylation is 1. The summed E-state index contributed by atoms with van der Waals surface area (Å²) in [7, 11) is 1.28. The summed E-state index contributed by atoms with van der Waals surface area (Å²) >= 11 is 0. The topological polar surface area (TPSA) is 102 Å². The molecule has 158 valence electrons. The highest BCUT2D eigenvalue weighted by molar-refractivity contribution is 6.05. The molecule has 1 aliphatic rings. The number of hydrogen-bond donors (Lipinski definition) is 2. The van der Waals surface area contributed by atoms with Gasteiger partial charge in [-0.15, -0.1) is 0 Å². The van der Waals surface area contributed by atoms with E-state index >= 15 is 0 Å². The van der Waals surface area contributed by atoms with Gasteiger partial charge in [0.2, 0.25) is 11.8 Å². The average Bonchev–Trinajstić information content (AvgIpc) is 3.10. The third kappa shape index (κ3) is 3.79. The van der Waals surface area contributed by atoms with E-state index in [1.807, 2.05) is 38.1 Å². The molecule has 0 aliphatic carbocycles. The Morgan fingerprint density at radius 3 is 2.55 bits per heavy atom. The summed E-state index contributed by atoms with van der Waals surface area (Å²) in [4.78, 5) is 37.5. The van der Waals surface area contributed by atoms with Crippen LogP contribution in [0.4, 0.5) is 11.5 Å². The predicted octanol–water partition coefficient (Wildman–Crippen LogP) is 3.48. The number of fused-ring (bicyclic) bond motifs is 1. The number of ether oxygens (including phenoxy) is 1. The van der Waals surface area contributed by atoms with Crippen molar-refractivity contribution in [3.63, 3.8) is 0 Å². The molecular formula is C23H22N4O4. The maximum Gasteiger partial charge on any atom is 0.339 e. The van der Waals surface area contributed by atoms with Gasteiger partial charge >= 0.3 is 5.97 Å². The molecule has 1 aromatic heterocycles. The highest BCUT2D eigenvalue weighted by Gasteiger charge is 2.34. The number of para-hydroxylation sites is 1. The van der Waals surface area contributed by atoms with Crippen molar-refractivity contribution in [1.29, 1.82) is 0 Å². The van der Waals surface area contributed by atoms with Crippen molar-refractivity contribution in [2.24, 2.45) is 0 Å². The van der Waals surface area contributed by atoms with E-state index < -0.39 is 17.9 Å². The first-order valence-electron chi connectivity index (χ1n) is 9.83. The van der Waals surface area contributed by atoms with Gasteiger partial charge in [0.15, 0.2) is 0 Å². The summed E-state index contributed by atoms with van der Waals surface area (Å²) < 4.78 is 6.33. The van der Waals surface area contributed by atoms with Crippen molar-refractivity contribution >= 4 is 29.3 Å². The van der Waals surface area contributed by atoms with E-state index in [-0.39, 0.29) is 17.9 Å². The van der Waals surface area contributed by atoms with Crippen LogP contribution in [0.2, 0.25) is 0 Å². The van der Waals surface area contributed by atoms with E-state index in [0.717, 1.165) is 16.7 Å². The van der Waals surface area contributed by atoms with Crippen LogP contribution in [0.15, 0.2) is 48.5 Å². The second-order valence-electron chi connectivity index (χ2n) is 7.43. The fourth-order valence-electron chi connectivity index (χ4n) is 3.62. The minimum absolute atomic E-state index is 0.0618. The number of carbonyl (C=O) groups excluding carboxylic acids is 3. The third-order valence-electron chi connectivity index (χ3n) is 5.30. The molecule has 0 spiro atoms. The van der Waals surface area contributed by atoms with Crippen LogP contribution in [0.5, 0.6) is 0 Å². The number of anilines is 2. The van der Waals surface area contributed by atoms with Crippen LogP contribution in [0, 0.1) is 13.8 Å². The Labute approximate surface area is 179 Å². The zero-order valence-electron chi connectivity index (χ0n) is 17.4. The lowest BCUT2D eigenvalue weighted by atomic mass is 10.1. The quantitative estimate of drug-likeness (QED) is 0.632. The van der Waals surface area contributed by atoms with E-state index in [4.69, 9.17) is 4.74 Å². The summed E-state index contributed by atoms with van der Waals surface area (Å²) in [6, 6.07) is 13.6. The second-order valence-corrected chi connectivity index (χ2v) is 7.43. The van der Waals surface area contributed by atoms with Crippen LogP contribution in [0.25, 0.3) is 11.3 Å². The molecule has 1 aliphatic heterocycles. The average molecular weight is 418 g/mol. The van der Waals surface area contributed by atoms with Crippen molar-refractivity contribution < 1.29 is 19.1 Å². The molecule has 8 heteroatoms. The standard InChI is InChI=1S/C23H22N4O4/c1-13-8-10-15(11-9-13)20-14(2)21-25-19(28)12-18(27(21)26-20)22(29)24-17-7-5-4-6-16(17)23(30)31-3/h4-11,18H,12H2,1-3H3,(H,24,29)(H,25,28). The molecule has 3 aromatic rings. The van der Waals surface area contributed by atoms with Crippen LogP contribution in [-0.4, -0.2) is 34.7 Å². The molecule has 1 atom stereocenters. The van der Waals surface area contributed by atoms with E-state index in [1.54, 1.807) is 28.9 Å². The Kier molecular flexibility index (Phi) is 5.29. The highest BCUT2D eigenvalue weighted by Crippen LogP contribution is 2.34. The number of esters is 1. The van der Waals surface area contributed by atoms with Crippen molar-refractivity contribution in [3.05, 3.63) is 65.2 Å². The number of hydrogen-bond acceptors (Lipinski definition) is 5. The minimum atomic E-state index is -0.854. The van der Waals surface area contributed by atoms with E-state index in [9.17, 15) is 14.4 Å². The molecule has 0 bridgehead atoms. The lowest BCUT2D eigenvalue weighted by molar-refractivity contribution is -0.125. The first-order valence-corrected chi connectivity index (χ1v) is 9.83. The predicted molar refractivity (Wildman–Crippen MR) is 116 cm³/mol. The summed E-state index contributed by atoms with van der Waals surface area (Å²) in [5, 5.41) is 10.2. The molecule has 31 heavy (non-hydrogen) atoms. The Morgan fingerprint density at radius 1 is 1.13 bits per heavy atom. The molecule has 8 nitrogen and oxygen atoms in total. The molecule has 2 aromatic carbocycles. The first-order chi connectivity index (χ1) is 14.9. The lowest BCUT2D eigenvalue weighted by Crippen LogP contribution is -2.36. The molecule has 4 rings (SSSR count). The van der Waals surface area contributed by atoms with Gasteiger partial charge in [-0.1, -0.05) is 42.0 Å². The number of methoxy groups -OCH3 is 1. The maximum atomic E-state index is 13.1. The summed E-state index contributed by atoms with van der Waals surface area (Å²) in [6.07, 6.45) is -0.0618. The van der Waals surface area contributed by atoms with Crippen molar-refractivity contribution in [3.8, 4) is 11.3 Å². The highest BCUT2D eigenvalue weighted by atomic mass is 16.5. The molecule has 0 saturated heterocycles. The Bertz CT molecular complexity index is 1180. The van der Waals surface area contributed by atoms with Crippen LogP contribution in [-0.2, 0) is 14.3 Å². The van der Waals surface area contributed by atoms with E-state index in [0.29, 0.717) is 17.2 Å². The monoisotopic (exact) mass is 418 g/mol. The summed E-state index contributed by atoms with van der Waals surface area (Å²) in [5.41, 5.74) is 4.05. The van der Waals surface area contributed by atoms with Gasteiger partial charge in [-0.3, -0.25) is 9.59 Å². The molecule has 2 heterocycles. The Hall–Kier alpha value is -3.94. The lowest BCUT2D eigenvalue weighted by Gasteiger charge is -2.24. The molecule has 1 unspecified atom stereocenters. The van der Waals surface area contributed by atoms with Crippen LogP contribution >= 0.6 is 0 Å². The molecular weight excluding hydrogens is 396 g/mol. The fourth-order valence-corrected chi connectivity index (χ4v) is 3.62. The van der Waals surface area contributed by atoms with Gasteiger partial charge in [-0.2, -0.15) is 5.10 Å². The van der Waals surface area contributed by atoms with Crippen LogP contribution < -0.4 is 10.6 Å². The van der Waals surface area contributed by atoms with Crippen molar-refractivity contribution in [1.82, 2.24) is 9.78 Å². The molecule has 0 fully saturated rings. The first kappa shape index (κ1) is 20.3. The van der Waals surface area contributed by atoms with Crippen molar-refractivity contribution in [2.75, 3.05) is 17.7 Å². The largest absolute Gasteiger partial charge is 0.465 e. The van der Waals surface area contributed by atoms with Gasteiger partial charge in [0.25, 0.3) is 0 Å². The Balaban J connectivity index is 1.69. The second kappa shape index (κ2) is 8.06. The van der Waals surface area contributed by atoms with Crippen LogP contribution in [0.1, 0.15) is 33.9 Å². The number of amides is 2. The summed E-state index contributed by atoms with van der Waals surface area (Å²) in [6.45, 7) is 3.86. The van der Waals surface area contributed by atoms with Crippen molar-refractivity contribution in [2.45, 2.75) is 26.3 Å². The van der Waals surface area contributed by atoms with Gasteiger partial charge in [0, 0.05) is 11.1 Å². The molecule has 0 saturated carbocycles. The molecule has 2 N–H and O–H groups in total. The zero-order valence-corrected chi connectivity index (χ0v) is 17.4. The minimum Gasteiger partial charge on any atom is -0.465 e. The SMILES string of the molecule is COC(=O)c1ccccc1NC(=O)C1CC(=O)Nc2c(C)c(-c3ccc(C)cc3)nn21. The third-order valence-corrected chi connectivity index (χ3v) is 5.30. The summed E-state index contributed by atoms with van der Waals surface area (Å²) in [5.74, 6) is -0.777. The van der Waals surface area contributed by atoms with E-state index in [2.05, 4.69) is 15.7 Å². The normalized spacial score (nSPS) is 15.1. The van der Waals surface area contributed by atoms with Gasteiger partial charge < -0.3 is 15.4 Å². The number of rotatable bonds is 4. The fraction of sp³-hybridized carbons (Fsp3) is 0.217. The zero-order chi connectivity index (χ0) is 22.1.